The SMILES string of the molecule is C1CCCCC1.CNC(=O)C1CCCN1C(=O)OC(C)(C)C.Clc1ccc2[nH]ccc2c1. The van der Waals surface area contributed by atoms with Crippen LogP contribution in [0.3, 0.4) is 0 Å². The minimum atomic E-state index is -0.521. The topological polar surface area (TPSA) is 74.4 Å². The Kier molecular flexibility index (Phi) is 10.4. The van der Waals surface area contributed by atoms with Gasteiger partial charge in [0.05, 0.1) is 0 Å². The fourth-order valence-corrected chi connectivity index (χ4v) is 4.01. The predicted octanol–water partition coefficient (Wildman–Crippen LogP) is 6.29. The number of H-pyrrole nitrogens is 1. The number of benzene rings is 1. The second kappa shape index (κ2) is 12.7. The van der Waals surface area contributed by atoms with Crippen molar-refractivity contribution in [3.05, 3.63) is 35.5 Å². The highest BCUT2D eigenvalue weighted by atomic mass is 35.5. The number of aromatic amines is 1. The van der Waals surface area contributed by atoms with Crippen LogP contribution in [0.1, 0.15) is 72.1 Å². The lowest BCUT2D eigenvalue weighted by Gasteiger charge is -2.27. The van der Waals surface area contributed by atoms with Crippen molar-refractivity contribution >= 4 is 34.5 Å². The molecule has 1 aromatic carbocycles. The first kappa shape index (κ1) is 26.0. The van der Waals surface area contributed by atoms with Gasteiger partial charge >= 0.3 is 6.09 Å². The Morgan fingerprint density at radius 1 is 1.06 bits per heavy atom. The van der Waals surface area contributed by atoms with Crippen LogP contribution in [0.4, 0.5) is 4.79 Å². The Morgan fingerprint density at radius 3 is 2.25 bits per heavy atom. The molecule has 2 N–H and O–H groups in total. The van der Waals surface area contributed by atoms with Gasteiger partial charge in [-0.1, -0.05) is 50.1 Å². The number of nitrogens with zero attached hydrogens (tertiary/aromatic N) is 1. The quantitative estimate of drug-likeness (QED) is 0.521. The van der Waals surface area contributed by atoms with Crippen molar-refractivity contribution in [1.82, 2.24) is 15.2 Å². The Hall–Kier alpha value is -2.21. The molecule has 1 aliphatic heterocycles. The molecule has 1 saturated heterocycles. The Balaban J connectivity index is 0.000000190. The summed E-state index contributed by atoms with van der Waals surface area (Å²) in [6, 6.07) is 7.41. The average Bonchev–Trinajstić information content (AvgIpc) is 3.43. The highest BCUT2D eigenvalue weighted by Gasteiger charge is 2.35. The van der Waals surface area contributed by atoms with Gasteiger partial charge in [-0.15, -0.1) is 0 Å². The highest BCUT2D eigenvalue weighted by molar-refractivity contribution is 6.31. The van der Waals surface area contributed by atoms with Gasteiger partial charge in [0.15, 0.2) is 0 Å². The molecular formula is C25H38ClN3O3. The zero-order valence-corrected chi connectivity index (χ0v) is 20.6. The molecule has 2 aromatic rings. The fourth-order valence-electron chi connectivity index (χ4n) is 3.83. The maximum Gasteiger partial charge on any atom is 0.410 e. The van der Waals surface area contributed by atoms with E-state index in [0.717, 1.165) is 22.3 Å². The van der Waals surface area contributed by atoms with Crippen molar-refractivity contribution in [3.63, 3.8) is 0 Å². The number of hydrogen-bond acceptors (Lipinski definition) is 3. The number of ether oxygens (including phenoxy) is 1. The molecule has 1 unspecified atom stereocenters. The Morgan fingerprint density at radius 2 is 1.69 bits per heavy atom. The fraction of sp³-hybridized carbons (Fsp3) is 0.600. The third kappa shape index (κ3) is 8.73. The van der Waals surface area contributed by atoms with E-state index in [1.165, 1.54) is 43.4 Å². The van der Waals surface area contributed by atoms with Crippen LogP contribution in [0.5, 0.6) is 0 Å². The van der Waals surface area contributed by atoms with Gasteiger partial charge in [-0.3, -0.25) is 9.69 Å². The smallest absolute Gasteiger partial charge is 0.410 e. The summed E-state index contributed by atoms with van der Waals surface area (Å²) in [5.41, 5.74) is 0.608. The molecular weight excluding hydrogens is 426 g/mol. The number of halogens is 1. The van der Waals surface area contributed by atoms with Crippen molar-refractivity contribution in [2.75, 3.05) is 13.6 Å². The van der Waals surface area contributed by atoms with Crippen molar-refractivity contribution < 1.29 is 14.3 Å². The first-order chi connectivity index (χ1) is 15.2. The zero-order valence-electron chi connectivity index (χ0n) is 19.9. The number of hydrogen-bond donors (Lipinski definition) is 2. The molecule has 2 aliphatic rings. The number of likely N-dealkylation sites (tertiary alicyclic amines) is 1. The third-order valence-corrected chi connectivity index (χ3v) is 5.68. The summed E-state index contributed by atoms with van der Waals surface area (Å²) >= 11 is 5.76. The van der Waals surface area contributed by atoms with Crippen molar-refractivity contribution in [2.45, 2.75) is 83.8 Å². The summed E-state index contributed by atoms with van der Waals surface area (Å²) in [6.07, 6.45) is 12.1. The number of amides is 2. The summed E-state index contributed by atoms with van der Waals surface area (Å²) in [6.45, 7) is 6.04. The molecule has 2 fully saturated rings. The van der Waals surface area contributed by atoms with E-state index in [2.05, 4.69) is 10.3 Å². The number of rotatable bonds is 1. The Labute approximate surface area is 197 Å². The first-order valence-electron chi connectivity index (χ1n) is 11.6. The summed E-state index contributed by atoms with van der Waals surface area (Å²) in [5, 5.41) is 4.51. The van der Waals surface area contributed by atoms with Gasteiger partial charge in [-0.25, -0.2) is 4.79 Å². The van der Waals surface area contributed by atoms with Crippen LogP contribution in [-0.2, 0) is 9.53 Å². The van der Waals surface area contributed by atoms with Crippen LogP contribution in [0.15, 0.2) is 30.5 Å². The maximum atomic E-state index is 11.8. The molecule has 2 heterocycles. The van der Waals surface area contributed by atoms with E-state index in [-0.39, 0.29) is 11.9 Å². The van der Waals surface area contributed by atoms with E-state index in [4.69, 9.17) is 16.3 Å². The lowest BCUT2D eigenvalue weighted by Crippen LogP contribution is -2.46. The first-order valence-corrected chi connectivity index (χ1v) is 12.0. The molecule has 7 heteroatoms. The van der Waals surface area contributed by atoms with E-state index in [1.54, 1.807) is 7.05 Å². The summed E-state index contributed by atoms with van der Waals surface area (Å²) < 4.78 is 5.25. The van der Waals surface area contributed by atoms with Crippen molar-refractivity contribution in [1.29, 1.82) is 0 Å². The number of fused-ring (bicyclic) bond motifs is 1. The molecule has 178 valence electrons. The number of carbonyl (C=O) groups is 2. The molecule has 32 heavy (non-hydrogen) atoms. The number of carbonyl (C=O) groups excluding carboxylic acids is 2. The van der Waals surface area contributed by atoms with Crippen molar-refractivity contribution in [2.24, 2.45) is 0 Å². The van der Waals surface area contributed by atoms with E-state index < -0.39 is 11.7 Å². The molecule has 0 spiro atoms. The molecule has 0 bridgehead atoms. The van der Waals surface area contributed by atoms with Gasteiger partial charge in [0, 0.05) is 35.7 Å². The van der Waals surface area contributed by atoms with E-state index in [9.17, 15) is 9.59 Å². The second-order valence-electron chi connectivity index (χ2n) is 9.28. The molecule has 6 nitrogen and oxygen atoms in total. The molecule has 4 rings (SSSR count). The standard InChI is InChI=1S/C11H20N2O3.C8H6ClN.C6H12/c1-11(2,3)16-10(15)13-7-5-6-8(13)9(14)12-4;9-7-1-2-8-6(5-7)3-4-10-8;1-2-4-6-5-3-1/h8H,5-7H2,1-4H3,(H,12,14);1-5,10H;1-6H2. The zero-order chi connectivity index (χ0) is 23.6. The number of likely N-dealkylation sites (N-methyl/N-ethyl adjacent to an activating group) is 1. The van der Waals surface area contributed by atoms with Crippen LogP contribution in [0, 0.1) is 0 Å². The largest absolute Gasteiger partial charge is 0.444 e. The minimum Gasteiger partial charge on any atom is -0.444 e. The normalized spacial score (nSPS) is 18.2. The van der Waals surface area contributed by atoms with Crippen LogP contribution in [0.25, 0.3) is 10.9 Å². The van der Waals surface area contributed by atoms with Gasteiger partial charge in [-0.2, -0.15) is 0 Å². The number of nitrogens with one attached hydrogen (secondary N) is 2. The van der Waals surface area contributed by atoms with E-state index >= 15 is 0 Å². The Bertz CT molecular complexity index is 844. The van der Waals surface area contributed by atoms with E-state index in [0.29, 0.717) is 13.0 Å². The number of aromatic nitrogens is 1. The molecule has 2 amide bonds. The van der Waals surface area contributed by atoms with Crippen LogP contribution >= 0.6 is 11.6 Å². The molecule has 1 atom stereocenters. The van der Waals surface area contributed by atoms with Gasteiger partial charge < -0.3 is 15.0 Å². The monoisotopic (exact) mass is 463 g/mol. The van der Waals surface area contributed by atoms with Gasteiger partial charge in [0.1, 0.15) is 11.6 Å². The predicted molar refractivity (Wildman–Crippen MR) is 131 cm³/mol. The summed E-state index contributed by atoms with van der Waals surface area (Å²) in [5.74, 6) is -0.122. The van der Waals surface area contributed by atoms with Gasteiger partial charge in [0.2, 0.25) is 5.91 Å². The minimum absolute atomic E-state index is 0.122. The van der Waals surface area contributed by atoms with E-state index in [1.807, 2.05) is 51.2 Å². The maximum absolute atomic E-state index is 11.8. The lowest BCUT2D eigenvalue weighted by atomic mass is 10.0. The molecule has 1 aliphatic carbocycles. The summed E-state index contributed by atoms with van der Waals surface area (Å²) in [4.78, 5) is 27.9. The molecule has 1 aromatic heterocycles. The lowest BCUT2D eigenvalue weighted by molar-refractivity contribution is -0.124. The highest BCUT2D eigenvalue weighted by Crippen LogP contribution is 2.21. The summed E-state index contributed by atoms with van der Waals surface area (Å²) in [7, 11) is 1.58. The van der Waals surface area contributed by atoms with Crippen LogP contribution in [0.2, 0.25) is 5.02 Å². The molecule has 1 saturated carbocycles. The van der Waals surface area contributed by atoms with Gasteiger partial charge in [-0.05, 0) is 57.9 Å². The van der Waals surface area contributed by atoms with Crippen LogP contribution in [-0.4, -0.2) is 47.1 Å². The third-order valence-electron chi connectivity index (χ3n) is 5.45. The van der Waals surface area contributed by atoms with Crippen LogP contribution < -0.4 is 5.32 Å². The van der Waals surface area contributed by atoms with Gasteiger partial charge in [0.25, 0.3) is 0 Å². The van der Waals surface area contributed by atoms with Crippen molar-refractivity contribution in [3.8, 4) is 0 Å². The average molecular weight is 464 g/mol. The second-order valence-corrected chi connectivity index (χ2v) is 9.71. The molecule has 0 radical (unpaired) electrons.